The lowest BCUT2D eigenvalue weighted by molar-refractivity contribution is 0.0993. The molecular weight excluding hydrogens is 348 g/mol. The van der Waals surface area contributed by atoms with Gasteiger partial charge in [0.25, 0.3) is 5.91 Å². The summed E-state index contributed by atoms with van der Waals surface area (Å²) in [4.78, 5) is 14.4. The van der Waals surface area contributed by atoms with Crippen molar-refractivity contribution in [3.05, 3.63) is 96.2 Å². The van der Waals surface area contributed by atoms with Crippen LogP contribution < -0.4 is 4.90 Å². The predicted octanol–water partition coefficient (Wildman–Crippen LogP) is 4.52. The van der Waals surface area contributed by atoms with Crippen LogP contribution in [-0.2, 0) is 0 Å². The minimum Gasteiger partial charge on any atom is -0.311 e. The molecule has 1 heterocycles. The average Bonchev–Trinajstić information content (AvgIpc) is 3.24. The molecule has 138 valence electrons. The van der Waals surface area contributed by atoms with E-state index in [1.807, 2.05) is 54.6 Å². The molecule has 0 atom stereocenters. The summed E-state index contributed by atoms with van der Waals surface area (Å²) < 4.78 is 1.78. The first kappa shape index (κ1) is 17.7. The Morgan fingerprint density at radius 1 is 0.893 bits per heavy atom. The van der Waals surface area contributed by atoms with Crippen molar-refractivity contribution in [3.63, 3.8) is 0 Å². The molecule has 0 aliphatic rings. The molecule has 0 aliphatic heterocycles. The van der Waals surface area contributed by atoms with Gasteiger partial charge in [0, 0.05) is 23.9 Å². The second-order valence-corrected chi connectivity index (χ2v) is 6.64. The van der Waals surface area contributed by atoms with Crippen LogP contribution in [-0.4, -0.2) is 27.9 Å². The minimum atomic E-state index is -0.0601. The molecule has 0 bridgehead atoms. The molecule has 0 unspecified atom stereocenters. The fraction of sp³-hybridized carbons (Fsp3) is 0.0870. The fourth-order valence-electron chi connectivity index (χ4n) is 3.05. The van der Waals surface area contributed by atoms with Gasteiger partial charge in [-0.15, -0.1) is 5.10 Å². The molecule has 1 amide bonds. The summed E-state index contributed by atoms with van der Waals surface area (Å²) in [5, 5.41) is 8.27. The Morgan fingerprint density at radius 2 is 1.57 bits per heavy atom. The van der Waals surface area contributed by atoms with Gasteiger partial charge in [0.05, 0.1) is 17.6 Å². The van der Waals surface area contributed by atoms with E-state index < -0.39 is 0 Å². The number of aromatic nitrogens is 3. The third-order valence-electron chi connectivity index (χ3n) is 4.70. The number of amides is 1. The monoisotopic (exact) mass is 368 g/mol. The van der Waals surface area contributed by atoms with Gasteiger partial charge in [-0.2, -0.15) is 0 Å². The van der Waals surface area contributed by atoms with E-state index >= 15 is 0 Å². The first-order valence-electron chi connectivity index (χ1n) is 9.05. The van der Waals surface area contributed by atoms with Crippen LogP contribution in [0.2, 0.25) is 0 Å². The SMILES string of the molecule is Cc1ccc(-c2cnnn2-c2ccc(C(=O)N(C)c3ccccc3)cc2)cc1. The van der Waals surface area contributed by atoms with Crippen molar-refractivity contribution in [3.8, 4) is 16.9 Å². The van der Waals surface area contributed by atoms with Crippen LogP contribution in [0.3, 0.4) is 0 Å². The Labute approximate surface area is 163 Å². The molecule has 1 aromatic heterocycles. The van der Waals surface area contributed by atoms with E-state index in [-0.39, 0.29) is 5.91 Å². The van der Waals surface area contributed by atoms with Crippen molar-refractivity contribution in [2.45, 2.75) is 6.92 Å². The topological polar surface area (TPSA) is 51.0 Å². The molecular formula is C23H20N4O. The van der Waals surface area contributed by atoms with Gasteiger partial charge in [0.1, 0.15) is 0 Å². The van der Waals surface area contributed by atoms with E-state index in [0.717, 1.165) is 22.6 Å². The minimum absolute atomic E-state index is 0.0601. The van der Waals surface area contributed by atoms with Crippen molar-refractivity contribution in [2.75, 3.05) is 11.9 Å². The molecule has 0 radical (unpaired) electrons. The summed E-state index contributed by atoms with van der Waals surface area (Å²) >= 11 is 0. The second-order valence-electron chi connectivity index (χ2n) is 6.64. The third kappa shape index (κ3) is 3.42. The molecule has 0 N–H and O–H groups in total. The maximum atomic E-state index is 12.8. The first-order chi connectivity index (χ1) is 13.6. The van der Waals surface area contributed by atoms with Crippen molar-refractivity contribution in [1.82, 2.24) is 15.0 Å². The lowest BCUT2D eigenvalue weighted by Crippen LogP contribution is -2.26. The van der Waals surface area contributed by atoms with Crippen LogP contribution in [0.25, 0.3) is 16.9 Å². The lowest BCUT2D eigenvalue weighted by Gasteiger charge is -2.17. The van der Waals surface area contributed by atoms with Crippen molar-refractivity contribution >= 4 is 11.6 Å². The summed E-state index contributed by atoms with van der Waals surface area (Å²) in [7, 11) is 1.78. The highest BCUT2D eigenvalue weighted by molar-refractivity contribution is 6.05. The van der Waals surface area contributed by atoms with E-state index in [2.05, 4.69) is 41.5 Å². The second kappa shape index (κ2) is 7.48. The van der Waals surface area contributed by atoms with Crippen LogP contribution in [0.1, 0.15) is 15.9 Å². The number of aryl methyl sites for hydroxylation is 1. The van der Waals surface area contributed by atoms with Gasteiger partial charge in [-0.25, -0.2) is 4.68 Å². The Hall–Kier alpha value is -3.73. The Morgan fingerprint density at radius 3 is 2.25 bits per heavy atom. The summed E-state index contributed by atoms with van der Waals surface area (Å²) in [6.07, 6.45) is 1.74. The largest absolute Gasteiger partial charge is 0.311 e. The van der Waals surface area contributed by atoms with E-state index in [0.29, 0.717) is 5.56 Å². The number of hydrogen-bond donors (Lipinski definition) is 0. The maximum absolute atomic E-state index is 12.8. The number of hydrogen-bond acceptors (Lipinski definition) is 3. The Bertz CT molecular complexity index is 1080. The quantitative estimate of drug-likeness (QED) is 0.532. The number of para-hydroxylation sites is 1. The van der Waals surface area contributed by atoms with Crippen molar-refractivity contribution in [1.29, 1.82) is 0 Å². The summed E-state index contributed by atoms with van der Waals surface area (Å²) in [6, 6.07) is 25.2. The van der Waals surface area contributed by atoms with Crippen LogP contribution in [0.4, 0.5) is 5.69 Å². The fourth-order valence-corrected chi connectivity index (χ4v) is 3.05. The zero-order valence-electron chi connectivity index (χ0n) is 15.8. The van der Waals surface area contributed by atoms with Gasteiger partial charge < -0.3 is 4.90 Å². The molecule has 0 aliphatic carbocycles. The molecule has 0 fully saturated rings. The molecule has 0 spiro atoms. The summed E-state index contributed by atoms with van der Waals surface area (Å²) in [5.41, 5.74) is 5.47. The Balaban J connectivity index is 1.60. The molecule has 5 heteroatoms. The number of nitrogens with zero attached hydrogens (tertiary/aromatic N) is 4. The molecule has 4 aromatic rings. The number of carbonyl (C=O) groups is 1. The number of carbonyl (C=O) groups excluding carboxylic acids is 1. The summed E-state index contributed by atoms with van der Waals surface area (Å²) in [6.45, 7) is 2.06. The number of anilines is 1. The van der Waals surface area contributed by atoms with E-state index in [1.165, 1.54) is 5.56 Å². The van der Waals surface area contributed by atoms with Gasteiger partial charge >= 0.3 is 0 Å². The van der Waals surface area contributed by atoms with Crippen LogP contribution >= 0.6 is 0 Å². The maximum Gasteiger partial charge on any atom is 0.258 e. The highest BCUT2D eigenvalue weighted by Crippen LogP contribution is 2.22. The molecule has 0 saturated carbocycles. The molecule has 4 rings (SSSR count). The smallest absolute Gasteiger partial charge is 0.258 e. The van der Waals surface area contributed by atoms with Crippen molar-refractivity contribution in [2.24, 2.45) is 0 Å². The number of benzene rings is 3. The van der Waals surface area contributed by atoms with Crippen LogP contribution in [0.15, 0.2) is 85.1 Å². The third-order valence-corrected chi connectivity index (χ3v) is 4.70. The van der Waals surface area contributed by atoms with Gasteiger partial charge in [-0.3, -0.25) is 4.79 Å². The van der Waals surface area contributed by atoms with E-state index in [1.54, 1.807) is 22.8 Å². The van der Waals surface area contributed by atoms with E-state index in [9.17, 15) is 4.79 Å². The number of rotatable bonds is 4. The van der Waals surface area contributed by atoms with Crippen LogP contribution in [0, 0.1) is 6.92 Å². The zero-order chi connectivity index (χ0) is 19.5. The standard InChI is InChI=1S/C23H20N4O/c1-17-8-10-18(11-9-17)22-16-24-25-27(22)21-14-12-19(13-15-21)23(28)26(2)20-6-4-3-5-7-20/h3-16H,1-2H3. The van der Waals surface area contributed by atoms with E-state index in [4.69, 9.17) is 0 Å². The average molecular weight is 368 g/mol. The molecule has 5 nitrogen and oxygen atoms in total. The van der Waals surface area contributed by atoms with Gasteiger partial charge in [0.15, 0.2) is 0 Å². The summed E-state index contributed by atoms with van der Waals surface area (Å²) in [5.74, 6) is -0.0601. The molecule has 0 saturated heterocycles. The first-order valence-corrected chi connectivity index (χ1v) is 9.05. The lowest BCUT2D eigenvalue weighted by atomic mass is 10.1. The Kier molecular flexibility index (Phi) is 4.72. The van der Waals surface area contributed by atoms with Gasteiger partial charge in [0.2, 0.25) is 0 Å². The highest BCUT2D eigenvalue weighted by Gasteiger charge is 2.14. The normalized spacial score (nSPS) is 10.6. The van der Waals surface area contributed by atoms with Crippen molar-refractivity contribution < 1.29 is 4.79 Å². The van der Waals surface area contributed by atoms with Gasteiger partial charge in [-0.1, -0.05) is 53.2 Å². The molecule has 28 heavy (non-hydrogen) atoms. The highest BCUT2D eigenvalue weighted by atomic mass is 16.2. The zero-order valence-corrected chi connectivity index (χ0v) is 15.8. The predicted molar refractivity (Wildman–Crippen MR) is 111 cm³/mol. The van der Waals surface area contributed by atoms with Gasteiger partial charge in [-0.05, 0) is 43.3 Å². The molecule has 3 aromatic carbocycles. The van der Waals surface area contributed by atoms with Crippen LogP contribution in [0.5, 0.6) is 0 Å².